The zero-order valence-electron chi connectivity index (χ0n) is 17.1. The van der Waals surface area contributed by atoms with E-state index in [-0.39, 0.29) is 24.9 Å². The van der Waals surface area contributed by atoms with E-state index in [1.807, 2.05) is 16.7 Å². The van der Waals surface area contributed by atoms with Crippen molar-refractivity contribution in [3.63, 3.8) is 0 Å². The summed E-state index contributed by atoms with van der Waals surface area (Å²) in [4.78, 5) is 29.9. The summed E-state index contributed by atoms with van der Waals surface area (Å²) in [6.07, 6.45) is 1.87. The van der Waals surface area contributed by atoms with Gasteiger partial charge in [-0.15, -0.1) is 12.4 Å². The molecule has 1 aliphatic rings. The highest BCUT2D eigenvalue weighted by atomic mass is 35.5. The van der Waals surface area contributed by atoms with Crippen LogP contribution in [0.5, 0.6) is 0 Å². The molecule has 154 valence electrons. The van der Waals surface area contributed by atoms with Crippen molar-refractivity contribution in [3.05, 3.63) is 0 Å². The van der Waals surface area contributed by atoms with Gasteiger partial charge >= 0.3 is 5.97 Å². The maximum Gasteiger partial charge on any atom is 0.317 e. The highest BCUT2D eigenvalue weighted by Gasteiger charge is 2.27. The first-order valence-electron chi connectivity index (χ1n) is 9.68. The van der Waals surface area contributed by atoms with Crippen LogP contribution in [0, 0.1) is 11.8 Å². The van der Waals surface area contributed by atoms with Crippen LogP contribution in [-0.4, -0.2) is 83.5 Å². The molecule has 1 rings (SSSR count). The van der Waals surface area contributed by atoms with Gasteiger partial charge in [-0.1, -0.05) is 34.6 Å². The Labute approximate surface area is 165 Å². The fraction of sp³-hybridized carbons (Fsp3) is 0.895. The van der Waals surface area contributed by atoms with Crippen LogP contribution in [0.4, 0.5) is 0 Å². The fourth-order valence-corrected chi connectivity index (χ4v) is 3.57. The van der Waals surface area contributed by atoms with Gasteiger partial charge in [0.25, 0.3) is 0 Å². The Balaban J connectivity index is 0.00000625. The third kappa shape index (κ3) is 9.19. The van der Waals surface area contributed by atoms with Crippen LogP contribution < -0.4 is 0 Å². The quantitative estimate of drug-likeness (QED) is 0.619. The van der Waals surface area contributed by atoms with Crippen molar-refractivity contribution in [2.45, 2.75) is 53.5 Å². The molecule has 1 amide bonds. The number of carboxylic acids is 1. The van der Waals surface area contributed by atoms with Crippen LogP contribution in [0.3, 0.4) is 0 Å². The van der Waals surface area contributed by atoms with E-state index >= 15 is 0 Å². The van der Waals surface area contributed by atoms with Crippen LogP contribution in [0.2, 0.25) is 0 Å². The van der Waals surface area contributed by atoms with Crippen molar-refractivity contribution < 1.29 is 14.7 Å². The lowest BCUT2D eigenvalue weighted by Crippen LogP contribution is -2.49. The van der Waals surface area contributed by atoms with Crippen molar-refractivity contribution in [2.75, 3.05) is 45.8 Å². The number of likely N-dealkylation sites (N-methyl/N-ethyl adjacent to an activating group) is 1. The Morgan fingerprint density at radius 2 is 1.58 bits per heavy atom. The van der Waals surface area contributed by atoms with E-state index in [0.717, 1.165) is 45.6 Å². The highest BCUT2D eigenvalue weighted by molar-refractivity contribution is 5.85. The van der Waals surface area contributed by atoms with E-state index in [1.165, 1.54) is 0 Å². The second-order valence-electron chi connectivity index (χ2n) is 8.05. The summed E-state index contributed by atoms with van der Waals surface area (Å²) < 4.78 is 0. The Kier molecular flexibility index (Phi) is 12.1. The van der Waals surface area contributed by atoms with Crippen LogP contribution in [0.25, 0.3) is 0 Å². The minimum absolute atomic E-state index is 0. The Bertz CT molecular complexity index is 414. The number of amides is 1. The predicted molar refractivity (Wildman–Crippen MR) is 108 cm³/mol. The van der Waals surface area contributed by atoms with Gasteiger partial charge in [0.1, 0.15) is 0 Å². The van der Waals surface area contributed by atoms with Gasteiger partial charge in [-0.3, -0.25) is 19.4 Å². The summed E-state index contributed by atoms with van der Waals surface area (Å²) in [5.41, 5.74) is 0. The molecular formula is C19H38ClN3O3. The number of nitrogens with zero attached hydrogens (tertiary/aromatic N) is 3. The lowest BCUT2D eigenvalue weighted by atomic mass is 10.0. The zero-order valence-corrected chi connectivity index (χ0v) is 17.9. The zero-order chi connectivity index (χ0) is 19.0. The number of hydrogen-bond donors (Lipinski definition) is 1. The first-order chi connectivity index (χ1) is 11.7. The van der Waals surface area contributed by atoms with E-state index in [0.29, 0.717) is 24.4 Å². The van der Waals surface area contributed by atoms with Gasteiger partial charge in [-0.05, 0) is 31.2 Å². The van der Waals surface area contributed by atoms with Crippen molar-refractivity contribution in [1.29, 1.82) is 0 Å². The molecule has 1 aliphatic heterocycles. The average molecular weight is 392 g/mol. The highest BCUT2D eigenvalue weighted by Crippen LogP contribution is 2.17. The second-order valence-corrected chi connectivity index (χ2v) is 8.05. The number of carboxylic acid groups (broad SMARTS) is 1. The molecule has 0 aromatic heterocycles. The minimum Gasteiger partial charge on any atom is -0.480 e. The normalized spacial score (nSPS) is 16.2. The maximum absolute atomic E-state index is 12.7. The van der Waals surface area contributed by atoms with Gasteiger partial charge in [-0.2, -0.15) is 0 Å². The first kappa shape index (κ1) is 25.1. The van der Waals surface area contributed by atoms with Crippen LogP contribution in [0.15, 0.2) is 0 Å². The fourth-order valence-electron chi connectivity index (χ4n) is 3.57. The van der Waals surface area contributed by atoms with Crippen molar-refractivity contribution in [2.24, 2.45) is 11.8 Å². The number of halogens is 1. The molecular weight excluding hydrogens is 354 g/mol. The van der Waals surface area contributed by atoms with Gasteiger partial charge in [0, 0.05) is 32.2 Å². The van der Waals surface area contributed by atoms with Crippen LogP contribution in [-0.2, 0) is 9.59 Å². The molecule has 6 nitrogen and oxygen atoms in total. The summed E-state index contributed by atoms with van der Waals surface area (Å²) in [6, 6.07) is 0.315. The molecule has 7 heteroatoms. The number of likely N-dealkylation sites (tertiary alicyclic amines) is 1. The molecule has 0 atom stereocenters. The summed E-state index contributed by atoms with van der Waals surface area (Å²) in [5.74, 6) is 0.404. The Hall–Kier alpha value is -0.850. The molecule has 1 heterocycles. The largest absolute Gasteiger partial charge is 0.480 e. The number of hydrogen-bond acceptors (Lipinski definition) is 4. The van der Waals surface area contributed by atoms with Gasteiger partial charge < -0.3 is 10.0 Å². The van der Waals surface area contributed by atoms with Gasteiger partial charge in [0.05, 0.1) is 13.1 Å². The van der Waals surface area contributed by atoms with Gasteiger partial charge in [0.2, 0.25) is 5.91 Å². The lowest BCUT2D eigenvalue weighted by molar-refractivity contribution is -0.139. The molecule has 0 bridgehead atoms. The van der Waals surface area contributed by atoms with Crippen LogP contribution in [0.1, 0.15) is 47.5 Å². The molecule has 0 saturated carbocycles. The van der Waals surface area contributed by atoms with Crippen molar-refractivity contribution in [3.8, 4) is 0 Å². The Morgan fingerprint density at radius 1 is 1.08 bits per heavy atom. The standard InChI is InChI=1S/C19H37N3O3.ClH/c1-6-21(14-19(24)25)17-7-9-20(10-8-17)13-18(23)22(11-15(2)3)12-16(4)5;/h15-17H,6-14H2,1-5H3,(H,24,25);1H. The average Bonchev–Trinajstić information content (AvgIpc) is 2.51. The van der Waals surface area contributed by atoms with Crippen LogP contribution >= 0.6 is 12.4 Å². The third-order valence-electron chi connectivity index (χ3n) is 4.70. The molecule has 0 radical (unpaired) electrons. The molecule has 0 aliphatic carbocycles. The van der Waals surface area contributed by atoms with Crippen molar-refractivity contribution in [1.82, 2.24) is 14.7 Å². The summed E-state index contributed by atoms with van der Waals surface area (Å²) >= 11 is 0. The van der Waals surface area contributed by atoms with E-state index in [4.69, 9.17) is 5.11 Å². The van der Waals surface area contributed by atoms with E-state index in [2.05, 4.69) is 32.6 Å². The number of carbonyl (C=O) groups is 2. The van der Waals surface area contributed by atoms with E-state index in [9.17, 15) is 9.59 Å². The van der Waals surface area contributed by atoms with E-state index in [1.54, 1.807) is 0 Å². The molecule has 1 saturated heterocycles. The van der Waals surface area contributed by atoms with Gasteiger partial charge in [0.15, 0.2) is 0 Å². The SMILES string of the molecule is CCN(CC(=O)O)C1CCN(CC(=O)N(CC(C)C)CC(C)C)CC1.Cl. The van der Waals surface area contributed by atoms with E-state index < -0.39 is 5.97 Å². The number of rotatable bonds is 10. The molecule has 0 unspecified atom stereocenters. The first-order valence-corrected chi connectivity index (χ1v) is 9.68. The monoisotopic (exact) mass is 391 g/mol. The summed E-state index contributed by atoms with van der Waals surface area (Å²) in [6.45, 7) is 15.3. The lowest BCUT2D eigenvalue weighted by Gasteiger charge is -2.38. The molecule has 26 heavy (non-hydrogen) atoms. The van der Waals surface area contributed by atoms with Gasteiger partial charge in [-0.25, -0.2) is 0 Å². The topological polar surface area (TPSA) is 64.1 Å². The summed E-state index contributed by atoms with van der Waals surface area (Å²) in [5, 5.41) is 9.02. The molecule has 0 aromatic carbocycles. The maximum atomic E-state index is 12.7. The molecule has 0 spiro atoms. The molecule has 1 fully saturated rings. The second kappa shape index (κ2) is 12.5. The number of piperidine rings is 1. The number of carbonyl (C=O) groups excluding carboxylic acids is 1. The third-order valence-corrected chi connectivity index (χ3v) is 4.70. The molecule has 1 N–H and O–H groups in total. The smallest absolute Gasteiger partial charge is 0.317 e. The summed E-state index contributed by atoms with van der Waals surface area (Å²) in [7, 11) is 0. The number of aliphatic carboxylic acids is 1. The minimum atomic E-state index is -0.766. The van der Waals surface area contributed by atoms with Crippen molar-refractivity contribution >= 4 is 24.3 Å². The Morgan fingerprint density at radius 3 is 1.96 bits per heavy atom. The predicted octanol–water partition coefficient (Wildman–Crippen LogP) is 2.42. The molecule has 0 aromatic rings.